The van der Waals surface area contributed by atoms with Crippen molar-refractivity contribution >= 4 is 53.2 Å². The van der Waals surface area contributed by atoms with E-state index < -0.39 is 47.9 Å². The van der Waals surface area contributed by atoms with Gasteiger partial charge in [-0.2, -0.15) is 23.5 Å². The SMILES string of the molecule is CSCCC(N)C(=O)NC(CC(C)C)C(=O)NC(CCCN=C(N)N)C(=O)NC(CCSC)C(=O)O. The highest BCUT2D eigenvalue weighted by Crippen LogP contribution is 2.09. The Balaban J connectivity index is 5.56. The van der Waals surface area contributed by atoms with Crippen molar-refractivity contribution in [2.75, 3.05) is 30.6 Å². The molecule has 10 N–H and O–H groups in total. The monoisotopic (exact) mass is 549 g/mol. The first-order valence-electron chi connectivity index (χ1n) is 11.9. The Hall–Kier alpha value is -2.19. The van der Waals surface area contributed by atoms with Gasteiger partial charge in [-0.1, -0.05) is 13.8 Å². The van der Waals surface area contributed by atoms with Crippen molar-refractivity contribution < 1.29 is 24.3 Å². The Morgan fingerprint density at radius 2 is 1.36 bits per heavy atom. The van der Waals surface area contributed by atoms with E-state index in [2.05, 4.69) is 20.9 Å². The number of carbonyl (C=O) groups excluding carboxylic acids is 3. The second-order valence-corrected chi connectivity index (χ2v) is 10.7. The molecule has 0 saturated carbocycles. The lowest BCUT2D eigenvalue weighted by atomic mass is 10.0. The van der Waals surface area contributed by atoms with Gasteiger partial charge in [0.15, 0.2) is 5.96 Å². The largest absolute Gasteiger partial charge is 0.480 e. The predicted molar refractivity (Wildman–Crippen MR) is 147 cm³/mol. The molecule has 208 valence electrons. The molecule has 0 saturated heterocycles. The summed E-state index contributed by atoms with van der Waals surface area (Å²) in [5, 5.41) is 17.4. The van der Waals surface area contributed by atoms with E-state index in [0.717, 1.165) is 0 Å². The van der Waals surface area contributed by atoms with E-state index in [4.69, 9.17) is 17.2 Å². The van der Waals surface area contributed by atoms with Crippen LogP contribution in [0.2, 0.25) is 0 Å². The highest BCUT2D eigenvalue weighted by Gasteiger charge is 2.30. The van der Waals surface area contributed by atoms with Gasteiger partial charge >= 0.3 is 5.97 Å². The van der Waals surface area contributed by atoms with Crippen LogP contribution < -0.4 is 33.2 Å². The number of nitrogens with zero attached hydrogens (tertiary/aromatic N) is 1. The third-order valence-corrected chi connectivity index (χ3v) is 6.40. The van der Waals surface area contributed by atoms with Crippen molar-refractivity contribution in [1.82, 2.24) is 16.0 Å². The first kappa shape index (κ1) is 33.8. The van der Waals surface area contributed by atoms with Crippen LogP contribution in [0.25, 0.3) is 0 Å². The molecule has 0 aliphatic carbocycles. The van der Waals surface area contributed by atoms with Gasteiger partial charge in [0.2, 0.25) is 17.7 Å². The summed E-state index contributed by atoms with van der Waals surface area (Å²) in [6.45, 7) is 4.04. The van der Waals surface area contributed by atoms with Crippen LogP contribution in [0.3, 0.4) is 0 Å². The lowest BCUT2D eigenvalue weighted by Gasteiger charge is -2.26. The minimum Gasteiger partial charge on any atom is -0.480 e. The van der Waals surface area contributed by atoms with E-state index >= 15 is 0 Å². The molecule has 3 amide bonds. The van der Waals surface area contributed by atoms with Crippen molar-refractivity contribution in [1.29, 1.82) is 0 Å². The summed E-state index contributed by atoms with van der Waals surface area (Å²) in [7, 11) is 0. The zero-order valence-electron chi connectivity index (χ0n) is 21.6. The van der Waals surface area contributed by atoms with Gasteiger partial charge in [0.05, 0.1) is 6.04 Å². The van der Waals surface area contributed by atoms with Crippen molar-refractivity contribution in [2.45, 2.75) is 70.1 Å². The van der Waals surface area contributed by atoms with Crippen LogP contribution >= 0.6 is 23.5 Å². The molecule has 0 aromatic heterocycles. The molecule has 12 nitrogen and oxygen atoms in total. The molecule has 36 heavy (non-hydrogen) atoms. The van der Waals surface area contributed by atoms with Gasteiger partial charge in [0, 0.05) is 6.54 Å². The molecule has 0 aliphatic rings. The van der Waals surface area contributed by atoms with Crippen LogP contribution in [0.5, 0.6) is 0 Å². The summed E-state index contributed by atoms with van der Waals surface area (Å²) >= 11 is 3.03. The molecule has 4 atom stereocenters. The van der Waals surface area contributed by atoms with E-state index in [0.29, 0.717) is 30.8 Å². The Morgan fingerprint density at radius 1 is 0.833 bits per heavy atom. The Bertz CT molecular complexity index is 736. The van der Waals surface area contributed by atoms with Gasteiger partial charge in [-0.05, 0) is 62.0 Å². The second kappa shape index (κ2) is 19.0. The number of hydrogen-bond donors (Lipinski definition) is 7. The molecule has 0 aromatic rings. The molecule has 0 fully saturated rings. The number of rotatable bonds is 19. The fraction of sp³-hybridized carbons (Fsp3) is 0.773. The van der Waals surface area contributed by atoms with Gasteiger partial charge in [0.25, 0.3) is 0 Å². The average molecular weight is 550 g/mol. The zero-order chi connectivity index (χ0) is 27.7. The lowest BCUT2D eigenvalue weighted by Crippen LogP contribution is -2.57. The molecule has 14 heteroatoms. The fourth-order valence-corrected chi connectivity index (χ4v) is 4.13. The van der Waals surface area contributed by atoms with Gasteiger partial charge in [-0.3, -0.25) is 19.4 Å². The molecule has 0 spiro atoms. The van der Waals surface area contributed by atoms with Crippen LogP contribution in [0.4, 0.5) is 0 Å². The van der Waals surface area contributed by atoms with Crippen molar-refractivity contribution in [3.05, 3.63) is 0 Å². The summed E-state index contributed by atoms with van der Waals surface area (Å²) in [4.78, 5) is 54.2. The molecule has 4 unspecified atom stereocenters. The number of aliphatic imine (C=N–C) groups is 1. The number of aliphatic carboxylic acids is 1. The number of nitrogens with two attached hydrogens (primary N) is 3. The zero-order valence-corrected chi connectivity index (χ0v) is 23.3. The number of nitrogens with one attached hydrogen (secondary N) is 3. The predicted octanol–water partition coefficient (Wildman–Crippen LogP) is -0.541. The van der Waals surface area contributed by atoms with Crippen LogP contribution in [-0.2, 0) is 19.2 Å². The topological polar surface area (TPSA) is 215 Å². The number of guanidine groups is 1. The van der Waals surface area contributed by atoms with Crippen molar-refractivity contribution in [3.8, 4) is 0 Å². The van der Waals surface area contributed by atoms with E-state index in [1.807, 2.05) is 26.4 Å². The van der Waals surface area contributed by atoms with Crippen LogP contribution in [0, 0.1) is 5.92 Å². The highest BCUT2D eigenvalue weighted by molar-refractivity contribution is 7.98. The standard InChI is InChI=1S/C22H43N7O5S2/c1-13(2)12-17(29-18(30)14(23)7-10-35-3)20(32)27-15(6-5-9-26-22(24)25)19(31)28-16(21(33)34)8-11-36-4/h13-17H,5-12,23H2,1-4H3,(H,27,32)(H,28,31)(H,29,30)(H,33,34)(H4,24,25,26). The van der Waals surface area contributed by atoms with Crippen molar-refractivity contribution in [2.24, 2.45) is 28.1 Å². The van der Waals surface area contributed by atoms with Crippen molar-refractivity contribution in [3.63, 3.8) is 0 Å². The van der Waals surface area contributed by atoms with Crippen LogP contribution in [0.1, 0.15) is 46.0 Å². The molecule has 0 aromatic carbocycles. The quantitative estimate of drug-likeness (QED) is 0.0620. The Labute approximate surface area is 222 Å². The summed E-state index contributed by atoms with van der Waals surface area (Å²) in [5.41, 5.74) is 16.6. The summed E-state index contributed by atoms with van der Waals surface area (Å²) in [6, 6.07) is -3.80. The average Bonchev–Trinajstić information content (AvgIpc) is 2.80. The first-order valence-corrected chi connectivity index (χ1v) is 14.6. The maximum atomic E-state index is 13.2. The summed E-state index contributed by atoms with van der Waals surface area (Å²) in [5.74, 6) is -1.57. The lowest BCUT2D eigenvalue weighted by molar-refractivity contribution is -0.142. The number of thioether (sulfide) groups is 2. The molecular formula is C22H43N7O5S2. The smallest absolute Gasteiger partial charge is 0.326 e. The second-order valence-electron chi connectivity index (χ2n) is 8.77. The minimum absolute atomic E-state index is 0.0700. The van der Waals surface area contributed by atoms with Gasteiger partial charge in [-0.15, -0.1) is 0 Å². The van der Waals surface area contributed by atoms with Crippen LogP contribution in [-0.4, -0.2) is 89.5 Å². The van der Waals surface area contributed by atoms with Crippen LogP contribution in [0.15, 0.2) is 4.99 Å². The Morgan fingerprint density at radius 3 is 1.89 bits per heavy atom. The maximum Gasteiger partial charge on any atom is 0.326 e. The molecule has 0 aliphatic heterocycles. The van der Waals surface area contributed by atoms with E-state index in [1.54, 1.807) is 11.8 Å². The van der Waals surface area contributed by atoms with E-state index in [1.165, 1.54) is 11.8 Å². The van der Waals surface area contributed by atoms with E-state index in [-0.39, 0.29) is 31.3 Å². The third kappa shape index (κ3) is 15.0. The summed E-state index contributed by atoms with van der Waals surface area (Å²) < 4.78 is 0. The minimum atomic E-state index is -1.16. The number of amides is 3. The highest BCUT2D eigenvalue weighted by atomic mass is 32.2. The van der Waals surface area contributed by atoms with Gasteiger partial charge in [-0.25, -0.2) is 4.79 Å². The Kier molecular flexibility index (Phi) is 17.8. The van der Waals surface area contributed by atoms with Gasteiger partial charge in [0.1, 0.15) is 18.1 Å². The number of carboxylic acids is 1. The summed E-state index contributed by atoms with van der Waals surface area (Å²) in [6.07, 6.45) is 5.30. The van der Waals surface area contributed by atoms with E-state index in [9.17, 15) is 24.3 Å². The number of carbonyl (C=O) groups is 4. The first-order chi connectivity index (χ1) is 16.9. The fourth-order valence-electron chi connectivity index (χ4n) is 3.17. The number of hydrogen-bond acceptors (Lipinski definition) is 8. The van der Waals surface area contributed by atoms with Gasteiger partial charge < -0.3 is 38.3 Å². The molecule has 0 rings (SSSR count). The molecular weight excluding hydrogens is 506 g/mol. The molecule has 0 bridgehead atoms. The number of carboxylic acid groups (broad SMARTS) is 1. The molecule has 0 radical (unpaired) electrons. The normalized spacial score (nSPS) is 14.3. The third-order valence-electron chi connectivity index (χ3n) is 5.11. The molecule has 0 heterocycles. The maximum absolute atomic E-state index is 13.2.